The van der Waals surface area contributed by atoms with Gasteiger partial charge in [-0.05, 0) is 38.3 Å². The number of aromatic nitrogens is 1. The van der Waals surface area contributed by atoms with E-state index in [4.69, 9.17) is 5.11 Å². The number of hydrogen-bond acceptors (Lipinski definition) is 3. The molecule has 0 radical (unpaired) electrons. The van der Waals surface area contributed by atoms with E-state index in [2.05, 4.69) is 10.3 Å². The normalized spacial score (nSPS) is 16.7. The smallest absolute Gasteiger partial charge is 0.305 e. The molecular weight excluding hydrogens is 232 g/mol. The monoisotopic (exact) mass is 248 g/mol. The van der Waals surface area contributed by atoms with Crippen LogP contribution >= 0.6 is 0 Å². The fourth-order valence-corrected chi connectivity index (χ4v) is 2.27. The van der Waals surface area contributed by atoms with Gasteiger partial charge in [0.2, 0.25) is 0 Å². The van der Waals surface area contributed by atoms with E-state index in [1.54, 1.807) is 25.3 Å². The van der Waals surface area contributed by atoms with Gasteiger partial charge < -0.3 is 10.4 Å². The summed E-state index contributed by atoms with van der Waals surface area (Å²) in [7, 11) is 0. The van der Waals surface area contributed by atoms with Gasteiger partial charge in [-0.15, -0.1) is 0 Å². The first-order chi connectivity index (χ1) is 8.52. The SMILES string of the molecule is Cc1ncccc1C(=O)NC1(CC(=O)O)CCC1. The van der Waals surface area contributed by atoms with E-state index in [0.29, 0.717) is 11.3 Å². The quantitative estimate of drug-likeness (QED) is 0.846. The van der Waals surface area contributed by atoms with Crippen LogP contribution in [0.25, 0.3) is 0 Å². The molecule has 1 aliphatic carbocycles. The molecule has 0 aromatic carbocycles. The Balaban J connectivity index is 2.11. The fraction of sp³-hybridized carbons (Fsp3) is 0.462. The number of aryl methyl sites for hydroxylation is 1. The van der Waals surface area contributed by atoms with Gasteiger partial charge in [0.15, 0.2) is 0 Å². The van der Waals surface area contributed by atoms with Gasteiger partial charge in [-0.25, -0.2) is 0 Å². The molecule has 1 aromatic heterocycles. The Morgan fingerprint density at radius 1 is 1.50 bits per heavy atom. The Morgan fingerprint density at radius 3 is 2.72 bits per heavy atom. The van der Waals surface area contributed by atoms with Crippen molar-refractivity contribution < 1.29 is 14.7 Å². The molecule has 0 aliphatic heterocycles. The van der Waals surface area contributed by atoms with Crippen molar-refractivity contribution in [2.75, 3.05) is 0 Å². The largest absolute Gasteiger partial charge is 0.481 e. The van der Waals surface area contributed by atoms with Gasteiger partial charge in [0.1, 0.15) is 0 Å². The summed E-state index contributed by atoms with van der Waals surface area (Å²) in [6.07, 6.45) is 4.02. The van der Waals surface area contributed by atoms with Gasteiger partial charge in [0, 0.05) is 11.9 Å². The molecule has 0 atom stereocenters. The molecule has 5 nitrogen and oxygen atoms in total. The van der Waals surface area contributed by atoms with Crippen LogP contribution in [0.3, 0.4) is 0 Å². The number of rotatable bonds is 4. The van der Waals surface area contributed by atoms with Gasteiger partial charge in [-0.3, -0.25) is 14.6 Å². The molecule has 0 unspecified atom stereocenters. The molecule has 96 valence electrons. The summed E-state index contributed by atoms with van der Waals surface area (Å²) in [5.74, 6) is -1.11. The molecule has 18 heavy (non-hydrogen) atoms. The van der Waals surface area contributed by atoms with Gasteiger partial charge in [0.25, 0.3) is 5.91 Å². The van der Waals surface area contributed by atoms with E-state index in [0.717, 1.165) is 19.3 Å². The lowest BCUT2D eigenvalue weighted by atomic mass is 9.74. The van der Waals surface area contributed by atoms with E-state index in [1.807, 2.05) is 0 Å². The Bertz CT molecular complexity index is 481. The summed E-state index contributed by atoms with van der Waals surface area (Å²) in [6, 6.07) is 3.40. The minimum atomic E-state index is -0.877. The van der Waals surface area contributed by atoms with Crippen LogP contribution in [-0.4, -0.2) is 27.5 Å². The average Bonchev–Trinajstić information content (AvgIpc) is 2.25. The lowest BCUT2D eigenvalue weighted by molar-refractivity contribution is -0.139. The number of nitrogens with one attached hydrogen (secondary N) is 1. The third kappa shape index (κ3) is 2.50. The van der Waals surface area contributed by atoms with E-state index in [-0.39, 0.29) is 12.3 Å². The summed E-state index contributed by atoms with van der Waals surface area (Å²) >= 11 is 0. The van der Waals surface area contributed by atoms with Crippen LogP contribution in [-0.2, 0) is 4.79 Å². The highest BCUT2D eigenvalue weighted by atomic mass is 16.4. The molecule has 1 saturated carbocycles. The zero-order valence-corrected chi connectivity index (χ0v) is 10.3. The Morgan fingerprint density at radius 2 is 2.22 bits per heavy atom. The zero-order valence-electron chi connectivity index (χ0n) is 10.3. The first kappa shape index (κ1) is 12.5. The van der Waals surface area contributed by atoms with E-state index < -0.39 is 11.5 Å². The minimum Gasteiger partial charge on any atom is -0.481 e. The van der Waals surface area contributed by atoms with E-state index in [9.17, 15) is 9.59 Å². The third-order valence-electron chi connectivity index (χ3n) is 3.43. The lowest BCUT2D eigenvalue weighted by Gasteiger charge is -2.41. The molecular formula is C13H16N2O3. The summed E-state index contributed by atoms with van der Waals surface area (Å²) in [5.41, 5.74) is 0.597. The minimum absolute atomic E-state index is 0.0158. The van der Waals surface area contributed by atoms with Crippen LogP contribution in [0.15, 0.2) is 18.3 Å². The highest BCUT2D eigenvalue weighted by Crippen LogP contribution is 2.35. The van der Waals surface area contributed by atoms with Crippen molar-refractivity contribution in [1.29, 1.82) is 0 Å². The molecule has 1 amide bonds. The highest BCUT2D eigenvalue weighted by molar-refractivity contribution is 5.96. The first-order valence-corrected chi connectivity index (χ1v) is 5.98. The summed E-state index contributed by atoms with van der Waals surface area (Å²) in [5, 5.41) is 11.7. The number of pyridine rings is 1. The van der Waals surface area contributed by atoms with Crippen LogP contribution in [0.2, 0.25) is 0 Å². The molecule has 2 rings (SSSR count). The second-order valence-electron chi connectivity index (χ2n) is 4.79. The van der Waals surface area contributed by atoms with Gasteiger partial charge >= 0.3 is 5.97 Å². The Kier molecular flexibility index (Phi) is 3.32. The maximum atomic E-state index is 12.1. The van der Waals surface area contributed by atoms with Gasteiger partial charge in [0.05, 0.1) is 17.5 Å². The molecule has 1 heterocycles. The van der Waals surface area contributed by atoms with Crippen molar-refractivity contribution >= 4 is 11.9 Å². The third-order valence-corrected chi connectivity index (χ3v) is 3.43. The number of amides is 1. The summed E-state index contributed by atoms with van der Waals surface area (Å²) in [6.45, 7) is 1.76. The number of nitrogens with zero attached hydrogens (tertiary/aromatic N) is 1. The fourth-order valence-electron chi connectivity index (χ4n) is 2.27. The lowest BCUT2D eigenvalue weighted by Crippen LogP contribution is -2.54. The van der Waals surface area contributed by atoms with Crippen molar-refractivity contribution in [1.82, 2.24) is 10.3 Å². The molecule has 1 fully saturated rings. The summed E-state index contributed by atoms with van der Waals surface area (Å²) < 4.78 is 0. The van der Waals surface area contributed by atoms with Gasteiger partial charge in [-0.1, -0.05) is 0 Å². The highest BCUT2D eigenvalue weighted by Gasteiger charge is 2.40. The second-order valence-corrected chi connectivity index (χ2v) is 4.79. The van der Waals surface area contributed by atoms with Crippen LogP contribution in [0, 0.1) is 6.92 Å². The zero-order chi connectivity index (χ0) is 13.2. The van der Waals surface area contributed by atoms with Crippen LogP contribution in [0.1, 0.15) is 41.7 Å². The topological polar surface area (TPSA) is 79.3 Å². The number of carbonyl (C=O) groups is 2. The van der Waals surface area contributed by atoms with Crippen LogP contribution in [0.5, 0.6) is 0 Å². The van der Waals surface area contributed by atoms with E-state index >= 15 is 0 Å². The van der Waals surface area contributed by atoms with Crippen molar-refractivity contribution in [3.63, 3.8) is 0 Å². The molecule has 0 saturated heterocycles. The number of carbonyl (C=O) groups excluding carboxylic acids is 1. The van der Waals surface area contributed by atoms with Crippen molar-refractivity contribution in [3.05, 3.63) is 29.6 Å². The average molecular weight is 248 g/mol. The van der Waals surface area contributed by atoms with E-state index in [1.165, 1.54) is 0 Å². The number of carboxylic acid groups (broad SMARTS) is 1. The van der Waals surface area contributed by atoms with Crippen molar-refractivity contribution in [2.24, 2.45) is 0 Å². The molecule has 1 aromatic rings. The van der Waals surface area contributed by atoms with Crippen LogP contribution in [0.4, 0.5) is 0 Å². The predicted molar refractivity (Wildman–Crippen MR) is 65.3 cm³/mol. The maximum absolute atomic E-state index is 12.1. The maximum Gasteiger partial charge on any atom is 0.305 e. The van der Waals surface area contributed by atoms with Crippen LogP contribution < -0.4 is 5.32 Å². The Hall–Kier alpha value is -1.91. The Labute approximate surface area is 105 Å². The van der Waals surface area contributed by atoms with Gasteiger partial charge in [-0.2, -0.15) is 0 Å². The predicted octanol–water partition coefficient (Wildman–Crippen LogP) is 1.52. The molecule has 0 spiro atoms. The van der Waals surface area contributed by atoms with Crippen molar-refractivity contribution in [2.45, 2.75) is 38.1 Å². The number of carboxylic acids is 1. The molecule has 2 N–H and O–H groups in total. The molecule has 0 bridgehead atoms. The number of hydrogen-bond donors (Lipinski definition) is 2. The van der Waals surface area contributed by atoms with Crippen molar-refractivity contribution in [3.8, 4) is 0 Å². The first-order valence-electron chi connectivity index (χ1n) is 5.98. The molecule has 5 heteroatoms. The number of aliphatic carboxylic acids is 1. The molecule has 1 aliphatic rings. The second kappa shape index (κ2) is 4.76. The summed E-state index contributed by atoms with van der Waals surface area (Å²) in [4.78, 5) is 27.0. The standard InChI is InChI=1S/C13H16N2O3/c1-9-10(4-2-7-14-9)12(18)15-13(5-3-6-13)8-11(16)17/h2,4,7H,3,5-6,8H2,1H3,(H,15,18)(H,16,17).